The van der Waals surface area contributed by atoms with Crippen molar-refractivity contribution in [1.29, 1.82) is 0 Å². The fraction of sp³-hybridized carbons (Fsp3) is 0.556. The minimum atomic E-state index is -3.35. The van der Waals surface area contributed by atoms with Crippen molar-refractivity contribution in [3.8, 4) is 0 Å². The number of hydrogen-bond donors (Lipinski definition) is 1. The fourth-order valence-corrected chi connectivity index (χ4v) is 5.43. The maximum atomic E-state index is 14.7. The number of nitrogens with one attached hydrogen (secondary N) is 1. The van der Waals surface area contributed by atoms with E-state index < -0.39 is 33.1 Å². The molecule has 2 atom stereocenters. The number of hydrogen-bond acceptors (Lipinski definition) is 5. The maximum absolute atomic E-state index is 14.7. The Balaban J connectivity index is 1.74. The average Bonchev–Trinajstić information content (AvgIpc) is 3.00. The number of benzene rings is 1. The van der Waals surface area contributed by atoms with E-state index in [1.54, 1.807) is 6.92 Å². The molecule has 3 rings (SSSR count). The number of cyclic esters (lactones) is 1. The number of carbonyl (C=O) groups is 2. The predicted molar refractivity (Wildman–Crippen MR) is 97.7 cm³/mol. The Labute approximate surface area is 157 Å². The Kier molecular flexibility index (Phi) is 5.69. The summed E-state index contributed by atoms with van der Waals surface area (Å²) in [4.78, 5) is 24.7. The van der Waals surface area contributed by atoms with Gasteiger partial charge < -0.3 is 10.1 Å². The summed E-state index contributed by atoms with van der Waals surface area (Å²) >= 11 is 0. The Morgan fingerprint density at radius 2 is 2.15 bits per heavy atom. The first-order chi connectivity index (χ1) is 12.8. The summed E-state index contributed by atoms with van der Waals surface area (Å²) in [6.07, 6.45) is 0.950. The Hall–Kier alpha value is -2.16. The van der Waals surface area contributed by atoms with Crippen molar-refractivity contribution in [3.05, 3.63) is 29.6 Å². The van der Waals surface area contributed by atoms with E-state index in [2.05, 4.69) is 5.32 Å². The lowest BCUT2D eigenvalue weighted by molar-refractivity contribution is -0.121. The molecule has 9 heteroatoms. The van der Waals surface area contributed by atoms with E-state index in [9.17, 15) is 22.4 Å². The van der Waals surface area contributed by atoms with Gasteiger partial charge >= 0.3 is 6.09 Å². The second-order valence-electron chi connectivity index (χ2n) is 6.83. The SMILES string of the molecule is CCC(=O)NCC1CN(c2ccc([C@@H]3CCCCS3(=O)=O)c(F)c2)C(=O)O1. The van der Waals surface area contributed by atoms with E-state index in [1.165, 1.54) is 23.1 Å². The Morgan fingerprint density at radius 3 is 2.81 bits per heavy atom. The largest absolute Gasteiger partial charge is 0.442 e. The molecule has 0 spiro atoms. The average molecular weight is 398 g/mol. The van der Waals surface area contributed by atoms with E-state index in [0.717, 1.165) is 6.42 Å². The first-order valence-electron chi connectivity index (χ1n) is 9.07. The lowest BCUT2D eigenvalue weighted by Crippen LogP contribution is -2.34. The van der Waals surface area contributed by atoms with E-state index in [1.807, 2.05) is 0 Å². The van der Waals surface area contributed by atoms with Crippen LogP contribution in [0.1, 0.15) is 43.4 Å². The van der Waals surface area contributed by atoms with Gasteiger partial charge in [0, 0.05) is 12.0 Å². The van der Waals surface area contributed by atoms with Gasteiger partial charge in [-0.15, -0.1) is 0 Å². The van der Waals surface area contributed by atoms with E-state index in [-0.39, 0.29) is 30.3 Å². The minimum absolute atomic E-state index is 0.0719. The van der Waals surface area contributed by atoms with Gasteiger partial charge in [-0.25, -0.2) is 17.6 Å². The summed E-state index contributed by atoms with van der Waals surface area (Å²) in [6, 6.07) is 4.15. The van der Waals surface area contributed by atoms with Crippen LogP contribution in [0.3, 0.4) is 0 Å². The normalized spacial score (nSPS) is 24.5. The van der Waals surface area contributed by atoms with Crippen LogP contribution in [0.25, 0.3) is 0 Å². The molecular weight excluding hydrogens is 375 g/mol. The highest BCUT2D eigenvalue weighted by Gasteiger charge is 2.35. The van der Waals surface area contributed by atoms with E-state index in [0.29, 0.717) is 24.9 Å². The highest BCUT2D eigenvalue weighted by molar-refractivity contribution is 7.91. The molecule has 2 aliphatic heterocycles. The minimum Gasteiger partial charge on any atom is -0.442 e. The van der Waals surface area contributed by atoms with Gasteiger partial charge in [0.1, 0.15) is 11.9 Å². The molecule has 1 aromatic rings. The van der Waals surface area contributed by atoms with Crippen LogP contribution in [0.5, 0.6) is 0 Å². The van der Waals surface area contributed by atoms with Crippen LogP contribution in [0.2, 0.25) is 0 Å². The van der Waals surface area contributed by atoms with Gasteiger partial charge in [-0.2, -0.15) is 0 Å². The molecule has 0 bridgehead atoms. The van der Waals surface area contributed by atoms with Gasteiger partial charge in [-0.05, 0) is 25.0 Å². The Morgan fingerprint density at radius 1 is 1.37 bits per heavy atom. The van der Waals surface area contributed by atoms with E-state index in [4.69, 9.17) is 4.74 Å². The van der Waals surface area contributed by atoms with Crippen LogP contribution in [0.15, 0.2) is 18.2 Å². The first-order valence-corrected chi connectivity index (χ1v) is 10.8. The fourth-order valence-electron chi connectivity index (χ4n) is 3.44. The summed E-state index contributed by atoms with van der Waals surface area (Å²) in [5.41, 5.74) is 0.455. The zero-order chi connectivity index (χ0) is 19.6. The molecule has 2 fully saturated rings. The molecule has 1 N–H and O–H groups in total. The molecule has 27 heavy (non-hydrogen) atoms. The molecule has 0 radical (unpaired) electrons. The molecule has 2 saturated heterocycles. The standard InChI is InChI=1S/C18H23FN2O5S/c1-2-17(22)20-10-13-11-21(18(23)26-13)12-6-7-14(15(19)9-12)16-5-3-4-8-27(16,24)25/h6-7,9,13,16H,2-5,8,10-11H2,1H3,(H,20,22)/t13?,16-/m0/s1. The third-order valence-electron chi connectivity index (χ3n) is 4.94. The van der Waals surface area contributed by atoms with Crippen LogP contribution in [-0.4, -0.2) is 45.4 Å². The van der Waals surface area contributed by atoms with E-state index >= 15 is 0 Å². The number of nitrogens with zero attached hydrogens (tertiary/aromatic N) is 1. The molecule has 0 saturated carbocycles. The number of anilines is 1. The molecule has 1 aromatic carbocycles. The summed E-state index contributed by atoms with van der Waals surface area (Å²) in [5.74, 6) is -0.713. The quantitative estimate of drug-likeness (QED) is 0.822. The number of ether oxygens (including phenoxy) is 1. The van der Waals surface area contributed by atoms with Gasteiger partial charge in [0.05, 0.1) is 29.8 Å². The van der Waals surface area contributed by atoms with Gasteiger partial charge in [0.15, 0.2) is 9.84 Å². The number of carbonyl (C=O) groups excluding carboxylic acids is 2. The van der Waals surface area contributed by atoms with Gasteiger partial charge in [-0.1, -0.05) is 19.4 Å². The first kappa shape index (κ1) is 19.6. The van der Waals surface area contributed by atoms with Gasteiger partial charge in [-0.3, -0.25) is 9.69 Å². The number of sulfone groups is 1. The van der Waals surface area contributed by atoms with Crippen molar-refractivity contribution < 1.29 is 27.1 Å². The predicted octanol–water partition coefficient (Wildman–Crippen LogP) is 2.32. The lowest BCUT2D eigenvalue weighted by Gasteiger charge is -2.23. The van der Waals surface area contributed by atoms with Crippen molar-refractivity contribution >= 4 is 27.5 Å². The summed E-state index contributed by atoms with van der Waals surface area (Å²) in [6.45, 7) is 2.10. The molecule has 1 unspecified atom stereocenters. The van der Waals surface area contributed by atoms with Crippen LogP contribution in [0, 0.1) is 5.82 Å². The third kappa shape index (κ3) is 4.23. The molecule has 7 nitrogen and oxygen atoms in total. The van der Waals surface area contributed by atoms with Gasteiger partial charge in [0.2, 0.25) is 5.91 Å². The van der Waals surface area contributed by atoms with Crippen molar-refractivity contribution in [2.45, 2.75) is 44.0 Å². The maximum Gasteiger partial charge on any atom is 0.414 e. The second kappa shape index (κ2) is 7.84. The summed E-state index contributed by atoms with van der Waals surface area (Å²) in [7, 11) is -3.35. The lowest BCUT2D eigenvalue weighted by atomic mass is 10.0. The zero-order valence-corrected chi connectivity index (χ0v) is 15.9. The van der Waals surface area contributed by atoms with Crippen molar-refractivity contribution in [3.63, 3.8) is 0 Å². The van der Waals surface area contributed by atoms with Crippen LogP contribution < -0.4 is 10.2 Å². The van der Waals surface area contributed by atoms with Crippen LogP contribution in [0.4, 0.5) is 14.9 Å². The zero-order valence-electron chi connectivity index (χ0n) is 15.1. The molecule has 2 heterocycles. The topological polar surface area (TPSA) is 92.8 Å². The van der Waals surface area contributed by atoms with Gasteiger partial charge in [0.25, 0.3) is 0 Å². The molecular formula is C18H23FN2O5S. The monoisotopic (exact) mass is 398 g/mol. The van der Waals surface area contributed by atoms with Crippen molar-refractivity contribution in [2.24, 2.45) is 0 Å². The number of rotatable bonds is 5. The van der Waals surface area contributed by atoms with Crippen molar-refractivity contribution in [2.75, 3.05) is 23.7 Å². The highest BCUT2D eigenvalue weighted by Crippen LogP contribution is 2.36. The molecule has 0 aromatic heterocycles. The summed E-state index contributed by atoms with van der Waals surface area (Å²) < 4.78 is 44.3. The molecule has 148 valence electrons. The molecule has 2 amide bonds. The highest BCUT2D eigenvalue weighted by atomic mass is 32.2. The molecule has 0 aliphatic carbocycles. The molecule has 2 aliphatic rings. The van der Waals surface area contributed by atoms with Crippen LogP contribution in [-0.2, 0) is 19.4 Å². The number of halogens is 1. The number of amides is 2. The summed E-state index contributed by atoms with van der Waals surface area (Å²) in [5, 5.41) is 1.83. The van der Waals surface area contributed by atoms with Crippen LogP contribution >= 0.6 is 0 Å². The second-order valence-corrected chi connectivity index (χ2v) is 9.13. The smallest absolute Gasteiger partial charge is 0.414 e. The van der Waals surface area contributed by atoms with Crippen molar-refractivity contribution in [1.82, 2.24) is 5.32 Å². The third-order valence-corrected chi connectivity index (χ3v) is 7.16. The Bertz CT molecular complexity index is 842.